The fraction of sp³-hybridized carbons (Fsp3) is 0.400. The number of nitrogens with one attached hydrogen (secondary N) is 1. The van der Waals surface area contributed by atoms with Crippen LogP contribution in [0.25, 0.3) is 5.69 Å². The highest BCUT2D eigenvalue weighted by Crippen LogP contribution is 2.29. The van der Waals surface area contributed by atoms with E-state index in [4.69, 9.17) is 0 Å². The SMILES string of the molecule is CNC1CCCCc2c1cnn2-c1ccc(Br)cc1. The Labute approximate surface area is 122 Å². The van der Waals surface area contributed by atoms with E-state index in [1.54, 1.807) is 0 Å². The number of fused-ring (bicyclic) bond motifs is 1. The lowest BCUT2D eigenvalue weighted by molar-refractivity contribution is 0.533. The minimum Gasteiger partial charge on any atom is -0.313 e. The summed E-state index contributed by atoms with van der Waals surface area (Å²) in [7, 11) is 2.04. The van der Waals surface area contributed by atoms with Crippen molar-refractivity contribution in [2.75, 3.05) is 7.05 Å². The third-order valence-corrected chi connectivity index (χ3v) is 4.38. The lowest BCUT2D eigenvalue weighted by Gasteiger charge is -2.13. The number of benzene rings is 1. The van der Waals surface area contributed by atoms with E-state index in [-0.39, 0.29) is 0 Å². The molecule has 4 heteroatoms. The number of halogens is 1. The van der Waals surface area contributed by atoms with E-state index < -0.39 is 0 Å². The van der Waals surface area contributed by atoms with Crippen molar-refractivity contribution in [1.82, 2.24) is 15.1 Å². The van der Waals surface area contributed by atoms with E-state index in [0.717, 1.165) is 16.6 Å². The molecule has 100 valence electrons. The molecule has 0 saturated carbocycles. The average molecular weight is 320 g/mol. The minimum atomic E-state index is 0.446. The Morgan fingerprint density at radius 2 is 2.05 bits per heavy atom. The third kappa shape index (κ3) is 2.47. The molecule has 19 heavy (non-hydrogen) atoms. The van der Waals surface area contributed by atoms with E-state index in [1.165, 1.54) is 30.5 Å². The smallest absolute Gasteiger partial charge is 0.0649 e. The number of hydrogen-bond acceptors (Lipinski definition) is 2. The van der Waals surface area contributed by atoms with Crippen LogP contribution in [0.15, 0.2) is 34.9 Å². The molecule has 3 rings (SSSR count). The highest BCUT2D eigenvalue weighted by atomic mass is 79.9. The van der Waals surface area contributed by atoms with Gasteiger partial charge in [-0.15, -0.1) is 0 Å². The summed E-state index contributed by atoms with van der Waals surface area (Å²) in [6, 6.07) is 8.79. The fourth-order valence-corrected chi connectivity index (χ4v) is 3.09. The molecular formula is C15H18BrN3. The van der Waals surface area contributed by atoms with Crippen molar-refractivity contribution in [2.24, 2.45) is 0 Å². The van der Waals surface area contributed by atoms with Gasteiger partial charge in [-0.2, -0.15) is 5.10 Å². The van der Waals surface area contributed by atoms with Crippen LogP contribution >= 0.6 is 15.9 Å². The van der Waals surface area contributed by atoms with Crippen LogP contribution in [0.4, 0.5) is 0 Å². The molecule has 0 bridgehead atoms. The summed E-state index contributed by atoms with van der Waals surface area (Å²) in [4.78, 5) is 0. The predicted molar refractivity (Wildman–Crippen MR) is 80.6 cm³/mol. The third-order valence-electron chi connectivity index (χ3n) is 3.85. The second kappa shape index (κ2) is 5.47. The molecule has 0 amide bonds. The van der Waals surface area contributed by atoms with Gasteiger partial charge in [-0.1, -0.05) is 22.4 Å². The summed E-state index contributed by atoms with van der Waals surface area (Å²) in [5.74, 6) is 0. The lowest BCUT2D eigenvalue weighted by atomic mass is 10.1. The first-order valence-corrected chi connectivity index (χ1v) is 7.59. The van der Waals surface area contributed by atoms with E-state index in [9.17, 15) is 0 Å². The molecule has 0 aliphatic heterocycles. The molecule has 2 aromatic rings. The van der Waals surface area contributed by atoms with Gasteiger partial charge in [0.15, 0.2) is 0 Å². The normalized spacial score (nSPS) is 18.9. The summed E-state index contributed by atoms with van der Waals surface area (Å²) < 4.78 is 3.19. The van der Waals surface area contributed by atoms with Crippen LogP contribution < -0.4 is 5.32 Å². The first-order chi connectivity index (χ1) is 9.29. The van der Waals surface area contributed by atoms with Crippen LogP contribution in [-0.4, -0.2) is 16.8 Å². The Balaban J connectivity index is 2.04. The van der Waals surface area contributed by atoms with Crippen LogP contribution in [0.3, 0.4) is 0 Å². The van der Waals surface area contributed by atoms with Crippen molar-refractivity contribution >= 4 is 15.9 Å². The number of nitrogens with zero attached hydrogens (tertiary/aromatic N) is 2. The largest absolute Gasteiger partial charge is 0.313 e. The second-order valence-electron chi connectivity index (χ2n) is 5.02. The Kier molecular flexibility index (Phi) is 3.71. The first kappa shape index (κ1) is 12.9. The second-order valence-corrected chi connectivity index (χ2v) is 5.94. The highest BCUT2D eigenvalue weighted by molar-refractivity contribution is 9.10. The number of aromatic nitrogens is 2. The molecule has 1 aromatic carbocycles. The van der Waals surface area contributed by atoms with Crippen LogP contribution in [0.1, 0.15) is 36.6 Å². The molecule has 0 spiro atoms. The maximum Gasteiger partial charge on any atom is 0.0649 e. The average Bonchev–Trinajstić information content (AvgIpc) is 2.73. The number of rotatable bonds is 2. The molecular weight excluding hydrogens is 302 g/mol. The van der Waals surface area contributed by atoms with Crippen molar-refractivity contribution in [1.29, 1.82) is 0 Å². The highest BCUT2D eigenvalue weighted by Gasteiger charge is 2.21. The Morgan fingerprint density at radius 1 is 1.26 bits per heavy atom. The van der Waals surface area contributed by atoms with Gasteiger partial charge >= 0.3 is 0 Å². The monoisotopic (exact) mass is 319 g/mol. The molecule has 1 unspecified atom stereocenters. The predicted octanol–water partition coefficient (Wildman–Crippen LogP) is 3.62. The maximum absolute atomic E-state index is 4.60. The zero-order chi connectivity index (χ0) is 13.2. The van der Waals surface area contributed by atoms with Gasteiger partial charge < -0.3 is 5.32 Å². The van der Waals surface area contributed by atoms with Gasteiger partial charge in [-0.25, -0.2) is 4.68 Å². The van der Waals surface area contributed by atoms with Gasteiger partial charge in [-0.3, -0.25) is 0 Å². The molecule has 0 fully saturated rings. The van der Waals surface area contributed by atoms with E-state index in [1.807, 2.05) is 13.2 Å². The fourth-order valence-electron chi connectivity index (χ4n) is 2.83. The Hall–Kier alpha value is -1.13. The van der Waals surface area contributed by atoms with Gasteiger partial charge in [0.1, 0.15) is 0 Å². The summed E-state index contributed by atoms with van der Waals surface area (Å²) >= 11 is 3.48. The van der Waals surface area contributed by atoms with E-state index in [0.29, 0.717) is 6.04 Å². The number of hydrogen-bond donors (Lipinski definition) is 1. The summed E-state index contributed by atoms with van der Waals surface area (Å²) in [6.45, 7) is 0. The molecule has 3 nitrogen and oxygen atoms in total. The zero-order valence-corrected chi connectivity index (χ0v) is 12.7. The van der Waals surface area contributed by atoms with Crippen molar-refractivity contribution in [2.45, 2.75) is 31.7 Å². The molecule has 1 atom stereocenters. The zero-order valence-electron chi connectivity index (χ0n) is 11.1. The van der Waals surface area contributed by atoms with Gasteiger partial charge in [0.25, 0.3) is 0 Å². The summed E-state index contributed by atoms with van der Waals surface area (Å²) in [5, 5.41) is 8.01. The quantitative estimate of drug-likeness (QED) is 0.857. The first-order valence-electron chi connectivity index (χ1n) is 6.79. The van der Waals surface area contributed by atoms with E-state index in [2.05, 4.69) is 55.3 Å². The molecule has 1 aromatic heterocycles. The van der Waals surface area contributed by atoms with Gasteiger partial charge in [0, 0.05) is 21.8 Å². The Bertz CT molecular complexity index is 559. The summed E-state index contributed by atoms with van der Waals surface area (Å²) in [5.41, 5.74) is 3.86. The molecule has 1 aliphatic carbocycles. The van der Waals surface area contributed by atoms with Crippen LogP contribution in [0.2, 0.25) is 0 Å². The van der Waals surface area contributed by atoms with Crippen molar-refractivity contribution < 1.29 is 0 Å². The molecule has 0 saturated heterocycles. The molecule has 1 aliphatic rings. The van der Waals surface area contributed by atoms with Crippen LogP contribution in [0.5, 0.6) is 0 Å². The van der Waals surface area contributed by atoms with Crippen molar-refractivity contribution in [3.05, 3.63) is 46.2 Å². The molecule has 0 radical (unpaired) electrons. The lowest BCUT2D eigenvalue weighted by Crippen LogP contribution is -2.16. The van der Waals surface area contributed by atoms with Crippen LogP contribution in [0, 0.1) is 0 Å². The van der Waals surface area contributed by atoms with Gasteiger partial charge in [0.05, 0.1) is 11.9 Å². The maximum atomic E-state index is 4.60. The van der Waals surface area contributed by atoms with Gasteiger partial charge in [0.2, 0.25) is 0 Å². The van der Waals surface area contributed by atoms with Crippen molar-refractivity contribution in [3.8, 4) is 5.69 Å². The minimum absolute atomic E-state index is 0.446. The standard InChI is InChI=1S/C15H18BrN3/c1-17-14-4-2-3-5-15-13(14)10-18-19(15)12-8-6-11(16)7-9-12/h6-10,14,17H,2-5H2,1H3. The topological polar surface area (TPSA) is 29.9 Å². The van der Waals surface area contributed by atoms with Crippen LogP contribution in [-0.2, 0) is 6.42 Å². The Morgan fingerprint density at radius 3 is 2.79 bits per heavy atom. The molecule has 1 heterocycles. The van der Waals surface area contributed by atoms with E-state index >= 15 is 0 Å². The summed E-state index contributed by atoms with van der Waals surface area (Å²) in [6.07, 6.45) is 6.87. The van der Waals surface area contributed by atoms with Gasteiger partial charge in [-0.05, 0) is 50.6 Å². The molecule has 1 N–H and O–H groups in total. The van der Waals surface area contributed by atoms with Crippen molar-refractivity contribution in [3.63, 3.8) is 0 Å².